The fraction of sp³-hybridized carbons (Fsp3) is 0.441. The van der Waals surface area contributed by atoms with Gasteiger partial charge < -0.3 is 9.84 Å². The fourth-order valence-electron chi connectivity index (χ4n) is 5.53. The van der Waals surface area contributed by atoms with E-state index in [-0.39, 0.29) is 12.0 Å². The number of carboxylic acid groups (broad SMARTS) is 1. The van der Waals surface area contributed by atoms with Crippen LogP contribution in [0.3, 0.4) is 0 Å². The van der Waals surface area contributed by atoms with E-state index in [9.17, 15) is 13.2 Å². The summed E-state index contributed by atoms with van der Waals surface area (Å²) in [7, 11) is 1.89. The van der Waals surface area contributed by atoms with Crippen molar-refractivity contribution < 1.29 is 27.8 Å². The Labute approximate surface area is 243 Å². The molecule has 4 nitrogen and oxygen atoms in total. The molecule has 2 unspecified atom stereocenters. The van der Waals surface area contributed by atoms with Gasteiger partial charge in [-0.05, 0) is 92.1 Å². The van der Waals surface area contributed by atoms with Gasteiger partial charge in [-0.2, -0.15) is 13.2 Å². The lowest BCUT2D eigenvalue weighted by molar-refractivity contribution is -0.138. The first-order valence-electron chi connectivity index (χ1n) is 14.0. The van der Waals surface area contributed by atoms with Gasteiger partial charge in [-0.3, -0.25) is 9.69 Å². The fourth-order valence-corrected chi connectivity index (χ4v) is 5.53. The molecule has 2 aromatic rings. The van der Waals surface area contributed by atoms with Crippen molar-refractivity contribution >= 4 is 6.47 Å². The van der Waals surface area contributed by atoms with Gasteiger partial charge in [0.2, 0.25) is 0 Å². The zero-order valence-corrected chi connectivity index (χ0v) is 25.3. The number of halogens is 3. The van der Waals surface area contributed by atoms with E-state index in [1.807, 2.05) is 50.1 Å². The van der Waals surface area contributed by atoms with Crippen molar-refractivity contribution in [3.63, 3.8) is 0 Å². The maximum atomic E-state index is 13.9. The Morgan fingerprint density at radius 3 is 2.29 bits per heavy atom. The third-order valence-electron chi connectivity index (χ3n) is 7.56. The van der Waals surface area contributed by atoms with Gasteiger partial charge in [-0.1, -0.05) is 76.2 Å². The number of ether oxygens (including phenoxy) is 1. The number of rotatable bonds is 5. The van der Waals surface area contributed by atoms with E-state index in [2.05, 4.69) is 40.3 Å². The number of fused-ring (bicyclic) bond motifs is 1. The zero-order valence-electron chi connectivity index (χ0n) is 25.3. The van der Waals surface area contributed by atoms with Gasteiger partial charge in [0.1, 0.15) is 12.4 Å². The number of nitrogens with zero attached hydrogens (tertiary/aromatic N) is 1. The van der Waals surface area contributed by atoms with Crippen molar-refractivity contribution in [2.45, 2.75) is 85.2 Å². The number of allylic oxidation sites excluding steroid dienone is 4. The zero-order chi connectivity index (χ0) is 31.0. The molecule has 0 amide bonds. The molecule has 41 heavy (non-hydrogen) atoms. The van der Waals surface area contributed by atoms with Gasteiger partial charge >= 0.3 is 6.18 Å². The monoisotopic (exact) mass is 571 g/mol. The highest BCUT2D eigenvalue weighted by atomic mass is 19.4. The van der Waals surface area contributed by atoms with E-state index in [0.717, 1.165) is 29.5 Å². The molecular weight excluding hydrogens is 527 g/mol. The maximum Gasteiger partial charge on any atom is 0.416 e. The standard InChI is InChI=1S/C30H34F3NO.C3H8.CH2O2/c1-7-22-14-19(2)15-23(22)16-20(3)35-18-21-12-13-26-25(17-21)28(34(6)29(26,4)5)24-10-8-9-11-27(24)30(31,32)33;1-3-2;2-1-3/h7-13,16-17,19,28H,3,14-15,18H2,1-2,4-6H3;3H2,1-2H3;1H,(H,2,3)/b22-7-,23-16-;;. The minimum atomic E-state index is -4.42. The Bertz CT molecular complexity index is 1260. The average Bonchev–Trinajstić information content (AvgIpc) is 3.35. The highest BCUT2D eigenvalue weighted by Crippen LogP contribution is 2.50. The van der Waals surface area contributed by atoms with Crippen LogP contribution in [-0.4, -0.2) is 23.5 Å². The molecule has 1 saturated carbocycles. The van der Waals surface area contributed by atoms with Crippen LogP contribution in [0.25, 0.3) is 0 Å². The first-order chi connectivity index (χ1) is 19.3. The van der Waals surface area contributed by atoms with Crippen LogP contribution in [0.5, 0.6) is 0 Å². The van der Waals surface area contributed by atoms with Crippen LogP contribution >= 0.6 is 0 Å². The predicted octanol–water partition coefficient (Wildman–Crippen LogP) is 9.43. The van der Waals surface area contributed by atoms with Crippen LogP contribution in [0.15, 0.2) is 78.1 Å². The highest BCUT2D eigenvalue weighted by Gasteiger charge is 2.45. The van der Waals surface area contributed by atoms with E-state index in [1.54, 1.807) is 12.1 Å². The number of benzene rings is 2. The van der Waals surface area contributed by atoms with Crippen molar-refractivity contribution in [1.82, 2.24) is 4.90 Å². The van der Waals surface area contributed by atoms with Crippen molar-refractivity contribution in [2.24, 2.45) is 5.92 Å². The molecule has 2 atom stereocenters. The summed E-state index contributed by atoms with van der Waals surface area (Å²) in [5, 5.41) is 6.89. The second-order valence-corrected chi connectivity index (χ2v) is 11.1. The predicted molar refractivity (Wildman–Crippen MR) is 159 cm³/mol. The maximum absolute atomic E-state index is 13.9. The van der Waals surface area contributed by atoms with Crippen molar-refractivity contribution in [3.8, 4) is 0 Å². The topological polar surface area (TPSA) is 49.8 Å². The lowest BCUT2D eigenvalue weighted by Crippen LogP contribution is -2.35. The van der Waals surface area contributed by atoms with Gasteiger partial charge in [-0.25, -0.2) is 0 Å². The molecule has 1 aliphatic carbocycles. The SMILES string of the molecule is C=C(/C=C1/CC(C)C/C1=C/C)OCc1ccc2c(c1)C(c1ccccc1C(F)(F)F)N(C)C2(C)C.CCC.O=CO. The summed E-state index contributed by atoms with van der Waals surface area (Å²) >= 11 is 0. The normalized spacial score (nSPS) is 21.4. The average molecular weight is 572 g/mol. The van der Waals surface area contributed by atoms with Crippen LogP contribution in [0.2, 0.25) is 0 Å². The summed E-state index contributed by atoms with van der Waals surface area (Å²) in [6, 6.07) is 11.4. The van der Waals surface area contributed by atoms with E-state index in [0.29, 0.717) is 18.3 Å². The first kappa shape index (κ1) is 33.9. The Kier molecular flexibility index (Phi) is 12.0. The molecule has 0 saturated heterocycles. The quantitative estimate of drug-likeness (QED) is 0.287. The number of alkyl halides is 3. The van der Waals surface area contributed by atoms with Crippen LogP contribution in [0.4, 0.5) is 13.2 Å². The van der Waals surface area contributed by atoms with Crippen LogP contribution in [0, 0.1) is 5.92 Å². The van der Waals surface area contributed by atoms with Crippen molar-refractivity contribution in [1.29, 1.82) is 0 Å². The lowest BCUT2D eigenvalue weighted by atomic mass is 9.90. The summed E-state index contributed by atoms with van der Waals surface area (Å²) in [4.78, 5) is 10.4. The summed E-state index contributed by atoms with van der Waals surface area (Å²) in [5.74, 6) is 1.22. The van der Waals surface area contributed by atoms with Crippen LogP contribution in [0.1, 0.15) is 94.7 Å². The second kappa shape index (κ2) is 14.5. The Morgan fingerprint density at radius 2 is 1.71 bits per heavy atom. The lowest BCUT2D eigenvalue weighted by Gasteiger charge is -2.33. The van der Waals surface area contributed by atoms with Gasteiger partial charge in [0, 0.05) is 5.54 Å². The summed E-state index contributed by atoms with van der Waals surface area (Å²) in [5.41, 5.74) is 4.72. The van der Waals surface area contributed by atoms with E-state index < -0.39 is 23.3 Å². The number of hydrogen-bond donors (Lipinski definition) is 1. The molecule has 1 N–H and O–H groups in total. The number of carbonyl (C=O) groups is 1. The summed E-state index contributed by atoms with van der Waals surface area (Å²) in [6.45, 7) is 16.8. The Balaban J connectivity index is 0.000000901. The molecule has 2 aliphatic rings. The van der Waals surface area contributed by atoms with Gasteiger partial charge in [0.05, 0.1) is 11.6 Å². The summed E-state index contributed by atoms with van der Waals surface area (Å²) < 4.78 is 47.6. The Morgan fingerprint density at radius 1 is 1.12 bits per heavy atom. The molecule has 0 bridgehead atoms. The van der Waals surface area contributed by atoms with E-state index in [4.69, 9.17) is 14.6 Å². The molecule has 1 heterocycles. The third-order valence-corrected chi connectivity index (χ3v) is 7.56. The molecule has 0 radical (unpaired) electrons. The van der Waals surface area contributed by atoms with E-state index >= 15 is 0 Å². The molecule has 224 valence electrons. The van der Waals surface area contributed by atoms with Crippen LogP contribution < -0.4 is 0 Å². The Hall–Kier alpha value is -3.32. The largest absolute Gasteiger partial charge is 0.490 e. The first-order valence-corrected chi connectivity index (χ1v) is 14.0. The molecule has 1 aliphatic heterocycles. The molecule has 0 aromatic heterocycles. The van der Waals surface area contributed by atoms with Gasteiger partial charge in [0.25, 0.3) is 6.47 Å². The number of hydrogen-bond acceptors (Lipinski definition) is 3. The van der Waals surface area contributed by atoms with E-state index in [1.165, 1.54) is 29.7 Å². The molecule has 1 fully saturated rings. The minimum Gasteiger partial charge on any atom is -0.490 e. The smallest absolute Gasteiger partial charge is 0.416 e. The molecule has 7 heteroatoms. The second-order valence-electron chi connectivity index (χ2n) is 11.1. The molecular formula is C34H44F3NO3. The molecule has 0 spiro atoms. The highest BCUT2D eigenvalue weighted by molar-refractivity contribution is 5.50. The van der Waals surface area contributed by atoms with Crippen molar-refractivity contribution in [3.05, 3.63) is 106 Å². The van der Waals surface area contributed by atoms with Gasteiger partial charge in [0.15, 0.2) is 0 Å². The summed E-state index contributed by atoms with van der Waals surface area (Å²) in [6.07, 6.45) is 3.10. The van der Waals surface area contributed by atoms with Gasteiger partial charge in [-0.15, -0.1) is 0 Å². The third kappa shape index (κ3) is 8.13. The molecule has 4 rings (SSSR count). The van der Waals surface area contributed by atoms with Crippen molar-refractivity contribution in [2.75, 3.05) is 7.05 Å². The molecule has 2 aromatic carbocycles. The minimum absolute atomic E-state index is 0.250. The van der Waals surface area contributed by atoms with Crippen LogP contribution in [-0.2, 0) is 27.9 Å².